The van der Waals surface area contributed by atoms with Crippen LogP contribution in [0.3, 0.4) is 0 Å². The second kappa shape index (κ2) is 3.43. The Morgan fingerprint density at radius 2 is 1.94 bits per heavy atom. The first-order chi connectivity index (χ1) is 7.38. The molecule has 1 amide bonds. The van der Waals surface area contributed by atoms with Gasteiger partial charge in [-0.15, -0.1) is 0 Å². The number of nitrogens with one attached hydrogen (secondary N) is 1. The number of hydrogen-bond donors (Lipinski definition) is 1. The van der Waals surface area contributed by atoms with Crippen molar-refractivity contribution in [2.75, 3.05) is 5.32 Å². The van der Waals surface area contributed by atoms with Gasteiger partial charge in [-0.1, -0.05) is 0 Å². The van der Waals surface area contributed by atoms with Gasteiger partial charge >= 0.3 is 6.18 Å². The SMILES string of the molecule is Cc1nc2c(c(C(F)(F)F)n1)CCC(=O)N2. The van der Waals surface area contributed by atoms with Crippen molar-refractivity contribution in [3.63, 3.8) is 0 Å². The molecule has 0 bridgehead atoms. The van der Waals surface area contributed by atoms with Crippen molar-refractivity contribution in [1.29, 1.82) is 0 Å². The van der Waals surface area contributed by atoms with E-state index in [9.17, 15) is 18.0 Å². The summed E-state index contributed by atoms with van der Waals surface area (Å²) in [6.07, 6.45) is -4.46. The Bertz CT molecular complexity index is 456. The van der Waals surface area contributed by atoms with Crippen LogP contribution in [-0.2, 0) is 17.4 Å². The molecule has 2 rings (SSSR count). The monoisotopic (exact) mass is 231 g/mol. The molecule has 1 aliphatic rings. The van der Waals surface area contributed by atoms with Gasteiger partial charge < -0.3 is 5.32 Å². The van der Waals surface area contributed by atoms with Gasteiger partial charge in [-0.3, -0.25) is 4.79 Å². The lowest BCUT2D eigenvalue weighted by atomic mass is 10.0. The number of halogens is 3. The normalized spacial score (nSPS) is 15.6. The predicted octanol–water partition coefficient (Wildman–Crippen LogP) is 1.69. The van der Waals surface area contributed by atoms with Crippen molar-refractivity contribution in [1.82, 2.24) is 9.97 Å². The highest BCUT2D eigenvalue weighted by atomic mass is 19.4. The second-order valence-electron chi connectivity index (χ2n) is 3.49. The van der Waals surface area contributed by atoms with Gasteiger partial charge in [0, 0.05) is 12.0 Å². The lowest BCUT2D eigenvalue weighted by Crippen LogP contribution is -2.25. The van der Waals surface area contributed by atoms with Gasteiger partial charge in [0.25, 0.3) is 0 Å². The summed E-state index contributed by atoms with van der Waals surface area (Å²) in [6, 6.07) is 0. The molecule has 1 N–H and O–H groups in total. The van der Waals surface area contributed by atoms with Gasteiger partial charge in [0.05, 0.1) is 0 Å². The number of rotatable bonds is 0. The zero-order valence-corrected chi connectivity index (χ0v) is 8.35. The van der Waals surface area contributed by atoms with E-state index in [1.54, 1.807) is 0 Å². The van der Waals surface area contributed by atoms with Gasteiger partial charge in [0.1, 0.15) is 11.6 Å². The van der Waals surface area contributed by atoms with E-state index in [1.807, 2.05) is 0 Å². The van der Waals surface area contributed by atoms with Crippen molar-refractivity contribution in [2.45, 2.75) is 25.9 Å². The summed E-state index contributed by atoms with van der Waals surface area (Å²) in [7, 11) is 0. The van der Waals surface area contributed by atoms with E-state index in [0.29, 0.717) is 0 Å². The van der Waals surface area contributed by atoms with E-state index in [-0.39, 0.29) is 36.0 Å². The Morgan fingerprint density at radius 3 is 2.56 bits per heavy atom. The van der Waals surface area contributed by atoms with E-state index in [1.165, 1.54) is 6.92 Å². The van der Waals surface area contributed by atoms with Gasteiger partial charge in [-0.2, -0.15) is 13.2 Å². The zero-order chi connectivity index (χ0) is 11.9. The van der Waals surface area contributed by atoms with Crippen molar-refractivity contribution in [2.24, 2.45) is 0 Å². The molecule has 0 unspecified atom stereocenters. The Hall–Kier alpha value is -1.66. The quantitative estimate of drug-likeness (QED) is 0.739. The van der Waals surface area contributed by atoms with E-state index in [0.717, 1.165) is 0 Å². The maximum Gasteiger partial charge on any atom is 0.433 e. The van der Waals surface area contributed by atoms with E-state index >= 15 is 0 Å². The molecule has 0 atom stereocenters. The molecule has 0 spiro atoms. The summed E-state index contributed by atoms with van der Waals surface area (Å²) in [4.78, 5) is 18.2. The van der Waals surface area contributed by atoms with Crippen LogP contribution >= 0.6 is 0 Å². The molecule has 0 saturated carbocycles. The van der Waals surface area contributed by atoms with E-state index in [2.05, 4.69) is 15.3 Å². The molecule has 1 aromatic heterocycles. The van der Waals surface area contributed by atoms with Crippen molar-refractivity contribution >= 4 is 11.7 Å². The Morgan fingerprint density at radius 1 is 1.25 bits per heavy atom. The van der Waals surface area contributed by atoms with Crippen LogP contribution < -0.4 is 5.32 Å². The number of anilines is 1. The largest absolute Gasteiger partial charge is 0.433 e. The van der Waals surface area contributed by atoms with Crippen molar-refractivity contribution in [3.8, 4) is 0 Å². The minimum atomic E-state index is -4.51. The minimum absolute atomic E-state index is 0.00623. The third-order valence-electron chi connectivity index (χ3n) is 2.25. The summed E-state index contributed by atoms with van der Waals surface area (Å²) in [5.41, 5.74) is -0.979. The molecule has 4 nitrogen and oxygen atoms in total. The summed E-state index contributed by atoms with van der Waals surface area (Å²) in [5, 5.41) is 2.32. The number of carbonyl (C=O) groups is 1. The summed E-state index contributed by atoms with van der Waals surface area (Å²) < 4.78 is 37.9. The first-order valence-electron chi connectivity index (χ1n) is 4.62. The van der Waals surface area contributed by atoms with Crippen molar-refractivity contribution in [3.05, 3.63) is 17.1 Å². The lowest BCUT2D eigenvalue weighted by Gasteiger charge is -2.19. The predicted molar refractivity (Wildman–Crippen MR) is 48.7 cm³/mol. The summed E-state index contributed by atoms with van der Waals surface area (Å²) in [5.74, 6) is -0.344. The van der Waals surface area contributed by atoms with E-state index in [4.69, 9.17) is 0 Å². The lowest BCUT2D eigenvalue weighted by molar-refractivity contribution is -0.142. The number of alkyl halides is 3. The average molecular weight is 231 g/mol. The number of nitrogens with zero attached hydrogens (tertiary/aromatic N) is 2. The number of carbonyl (C=O) groups excluding carboxylic acids is 1. The highest BCUT2D eigenvalue weighted by molar-refractivity contribution is 5.92. The number of fused-ring (bicyclic) bond motifs is 1. The molecule has 86 valence electrons. The van der Waals surface area contributed by atoms with Gasteiger partial charge in [0.15, 0.2) is 5.69 Å². The highest BCUT2D eigenvalue weighted by Crippen LogP contribution is 2.35. The highest BCUT2D eigenvalue weighted by Gasteiger charge is 2.38. The number of amides is 1. The topological polar surface area (TPSA) is 54.9 Å². The van der Waals surface area contributed by atoms with Crippen LogP contribution in [0.25, 0.3) is 0 Å². The van der Waals surface area contributed by atoms with Crippen molar-refractivity contribution < 1.29 is 18.0 Å². The molecule has 0 radical (unpaired) electrons. The van der Waals surface area contributed by atoms with Crippen LogP contribution in [0.4, 0.5) is 19.0 Å². The third kappa shape index (κ3) is 1.84. The summed E-state index contributed by atoms with van der Waals surface area (Å²) in [6.45, 7) is 1.36. The van der Waals surface area contributed by atoms with Gasteiger partial charge in [-0.25, -0.2) is 9.97 Å². The molecular weight excluding hydrogens is 223 g/mol. The fourth-order valence-corrected chi connectivity index (χ4v) is 1.60. The Kier molecular flexibility index (Phi) is 2.32. The van der Waals surface area contributed by atoms with Crippen LogP contribution in [0.5, 0.6) is 0 Å². The molecular formula is C9H8F3N3O. The molecule has 0 fully saturated rings. The molecule has 1 aromatic rings. The van der Waals surface area contributed by atoms with Crippen LogP contribution in [0, 0.1) is 6.92 Å². The maximum atomic E-state index is 12.6. The minimum Gasteiger partial charge on any atom is -0.310 e. The number of hydrogen-bond acceptors (Lipinski definition) is 3. The smallest absolute Gasteiger partial charge is 0.310 e. The fourth-order valence-electron chi connectivity index (χ4n) is 1.60. The fraction of sp³-hybridized carbons (Fsp3) is 0.444. The number of aromatic nitrogens is 2. The molecule has 0 saturated heterocycles. The molecule has 7 heteroatoms. The maximum absolute atomic E-state index is 12.6. The van der Waals surface area contributed by atoms with Gasteiger partial charge in [-0.05, 0) is 13.3 Å². The standard InChI is InChI=1S/C9H8F3N3O/c1-4-13-7(9(10,11)12)5-2-3-6(16)15-8(5)14-4/h2-3H2,1H3,(H,13,14,15,16). The van der Waals surface area contributed by atoms with Crippen LogP contribution in [0.1, 0.15) is 23.5 Å². The first kappa shape index (κ1) is 10.8. The first-order valence-corrected chi connectivity index (χ1v) is 4.62. The summed E-state index contributed by atoms with van der Waals surface area (Å²) >= 11 is 0. The van der Waals surface area contributed by atoms with Gasteiger partial charge in [0.2, 0.25) is 5.91 Å². The molecule has 1 aliphatic heterocycles. The Labute approximate surface area is 88.9 Å². The molecule has 0 aromatic carbocycles. The number of aryl methyl sites for hydroxylation is 1. The molecule has 2 heterocycles. The zero-order valence-electron chi connectivity index (χ0n) is 8.35. The molecule has 0 aliphatic carbocycles. The molecule has 16 heavy (non-hydrogen) atoms. The van der Waals surface area contributed by atoms with Crippen LogP contribution in [0.2, 0.25) is 0 Å². The average Bonchev–Trinajstić information content (AvgIpc) is 2.14. The van der Waals surface area contributed by atoms with E-state index < -0.39 is 11.9 Å². The third-order valence-corrected chi connectivity index (χ3v) is 2.25. The van der Waals surface area contributed by atoms with Crippen LogP contribution in [-0.4, -0.2) is 15.9 Å². The Balaban J connectivity index is 2.59. The second-order valence-corrected chi connectivity index (χ2v) is 3.49. The van der Waals surface area contributed by atoms with Crippen LogP contribution in [0.15, 0.2) is 0 Å².